The molecule has 1 aliphatic rings. The Bertz CT molecular complexity index is 1700. The third-order valence-electron chi connectivity index (χ3n) is 6.15. The van der Waals surface area contributed by atoms with Gasteiger partial charge in [0.1, 0.15) is 0 Å². The van der Waals surface area contributed by atoms with Crippen molar-refractivity contribution >= 4 is 45.1 Å². The van der Waals surface area contributed by atoms with Crippen molar-refractivity contribution in [2.45, 2.75) is 27.0 Å². The Hall–Kier alpha value is -4.09. The van der Waals surface area contributed by atoms with Gasteiger partial charge < -0.3 is 9.64 Å². The lowest BCUT2D eigenvalue weighted by molar-refractivity contribution is -0.385. The maximum Gasteiger partial charge on any atom is 0.418 e. The van der Waals surface area contributed by atoms with Crippen molar-refractivity contribution in [3.8, 4) is 0 Å². The van der Waals surface area contributed by atoms with E-state index in [2.05, 4.69) is 4.72 Å². The van der Waals surface area contributed by atoms with Gasteiger partial charge in [0.15, 0.2) is 0 Å². The van der Waals surface area contributed by atoms with E-state index in [1.807, 2.05) is 0 Å². The highest BCUT2D eigenvalue weighted by Crippen LogP contribution is 2.48. The van der Waals surface area contributed by atoms with E-state index in [-0.39, 0.29) is 36.9 Å². The molecule has 1 N–H and O–H groups in total. The van der Waals surface area contributed by atoms with Crippen LogP contribution < -0.4 is 4.72 Å². The van der Waals surface area contributed by atoms with Gasteiger partial charge in [-0.05, 0) is 42.0 Å². The highest BCUT2D eigenvalue weighted by atomic mass is 32.2. The zero-order valence-corrected chi connectivity index (χ0v) is 23.8. The van der Waals surface area contributed by atoms with E-state index < -0.39 is 65.4 Å². The van der Waals surface area contributed by atoms with E-state index in [4.69, 9.17) is 4.74 Å². The summed E-state index contributed by atoms with van der Waals surface area (Å²) >= 11 is 0.312. The van der Waals surface area contributed by atoms with Gasteiger partial charge in [0, 0.05) is 46.8 Å². The van der Waals surface area contributed by atoms with Crippen LogP contribution in [-0.4, -0.2) is 50.5 Å². The number of anilines is 1. The number of sulfonamides is 1. The Morgan fingerprint density at radius 1 is 0.955 bits per heavy atom. The first-order valence-electron chi connectivity index (χ1n) is 12.5. The van der Waals surface area contributed by atoms with E-state index >= 15 is 0 Å². The summed E-state index contributed by atoms with van der Waals surface area (Å²) in [7, 11) is -4.38. The van der Waals surface area contributed by atoms with Crippen molar-refractivity contribution < 1.29 is 49.2 Å². The first kappa shape index (κ1) is 32.8. The van der Waals surface area contributed by atoms with E-state index in [1.54, 1.807) is 0 Å². The second kappa shape index (κ2) is 12.9. The molecule has 1 aliphatic heterocycles. The van der Waals surface area contributed by atoms with E-state index in [9.17, 15) is 49.7 Å². The number of benzene rings is 3. The number of hydrogen-bond acceptors (Lipinski definition) is 7. The first-order chi connectivity index (χ1) is 20.6. The average Bonchev–Trinajstić information content (AvgIpc) is 2.95. The number of morpholine rings is 1. The monoisotopic (exact) mass is 661 g/mol. The number of nitrogens with one attached hydrogen (secondary N) is 1. The molecule has 0 aliphatic carbocycles. The van der Waals surface area contributed by atoms with Gasteiger partial charge in [-0.2, -0.15) is 26.3 Å². The van der Waals surface area contributed by atoms with Crippen molar-refractivity contribution in [1.82, 2.24) is 4.90 Å². The number of carbonyl (C=O) groups excluding carboxylic acids is 1. The van der Waals surface area contributed by atoms with Gasteiger partial charge in [-0.1, -0.05) is 30.0 Å². The summed E-state index contributed by atoms with van der Waals surface area (Å²) < 4.78 is 118. The minimum absolute atomic E-state index is 0.0475. The summed E-state index contributed by atoms with van der Waals surface area (Å²) in [4.78, 5) is 22.6. The number of rotatable bonds is 8. The van der Waals surface area contributed by atoms with Gasteiger partial charge in [0.25, 0.3) is 15.7 Å². The number of hydrogen-bond donors (Lipinski definition) is 1. The van der Waals surface area contributed by atoms with Crippen LogP contribution in [0.5, 0.6) is 0 Å². The molecule has 0 atom stereocenters. The zero-order chi connectivity index (χ0) is 32.3. The van der Waals surface area contributed by atoms with Gasteiger partial charge in [-0.25, -0.2) is 8.42 Å². The topological polar surface area (TPSA) is 119 Å². The number of ether oxygens (including phenoxy) is 1. The van der Waals surface area contributed by atoms with Crippen molar-refractivity contribution in [1.29, 1.82) is 0 Å². The molecule has 1 saturated heterocycles. The summed E-state index contributed by atoms with van der Waals surface area (Å²) in [5.41, 5.74) is -5.48. The predicted molar refractivity (Wildman–Crippen MR) is 147 cm³/mol. The molecule has 9 nitrogen and oxygen atoms in total. The molecule has 0 spiro atoms. The SMILES string of the molecule is O=C(C=Cc1ccc(Sc2cccc(NS(=O)(=O)c3cccc([N+](=O)[O-])c3)c2)c(C(F)(F)F)c1C(F)(F)F)N1CCOCC1. The van der Waals surface area contributed by atoms with Crippen LogP contribution in [0.4, 0.5) is 37.7 Å². The standard InChI is InChI=1S/C27H21F6N3O6S2/c28-26(29,30)24-17(8-10-23(37)35-11-13-42-14-12-35)7-9-22(25(24)27(31,32)33)43-20-5-1-3-18(15-20)34-44(40,41)21-6-2-4-19(16-21)36(38)39/h1-10,15-16,34H,11-14H2. The molecule has 0 bridgehead atoms. The minimum atomic E-state index is -5.47. The van der Waals surface area contributed by atoms with Crippen LogP contribution in [0.15, 0.2) is 81.4 Å². The normalized spacial score (nSPS) is 14.5. The molecule has 3 aromatic carbocycles. The highest BCUT2D eigenvalue weighted by molar-refractivity contribution is 7.99. The van der Waals surface area contributed by atoms with Gasteiger partial charge in [0.05, 0.1) is 34.2 Å². The van der Waals surface area contributed by atoms with Crippen LogP contribution in [0, 0.1) is 10.1 Å². The fourth-order valence-corrected chi connectivity index (χ4v) is 6.32. The Labute approximate surface area is 250 Å². The molecule has 0 saturated carbocycles. The molecule has 1 amide bonds. The summed E-state index contributed by atoms with van der Waals surface area (Å²) in [5, 5.41) is 11.0. The van der Waals surface area contributed by atoms with Crippen LogP contribution in [0.3, 0.4) is 0 Å². The van der Waals surface area contributed by atoms with Crippen molar-refractivity contribution in [2.75, 3.05) is 31.0 Å². The fourth-order valence-electron chi connectivity index (χ4n) is 4.19. The van der Waals surface area contributed by atoms with E-state index in [0.29, 0.717) is 17.8 Å². The predicted octanol–water partition coefficient (Wildman–Crippen LogP) is 6.46. The number of amides is 1. The molecular weight excluding hydrogens is 640 g/mol. The Morgan fingerprint density at radius 3 is 2.25 bits per heavy atom. The molecule has 234 valence electrons. The lowest BCUT2D eigenvalue weighted by atomic mass is 9.99. The smallest absolute Gasteiger partial charge is 0.378 e. The van der Waals surface area contributed by atoms with Gasteiger partial charge >= 0.3 is 12.4 Å². The van der Waals surface area contributed by atoms with Crippen molar-refractivity contribution in [2.24, 2.45) is 0 Å². The fraction of sp³-hybridized carbons (Fsp3) is 0.222. The molecule has 17 heteroatoms. The average molecular weight is 662 g/mol. The quantitative estimate of drug-likeness (QED) is 0.128. The van der Waals surface area contributed by atoms with Crippen molar-refractivity contribution in [3.05, 3.63) is 93.5 Å². The van der Waals surface area contributed by atoms with Gasteiger partial charge in [0.2, 0.25) is 5.91 Å². The second-order valence-corrected chi connectivity index (χ2v) is 12.0. The molecule has 44 heavy (non-hydrogen) atoms. The zero-order valence-electron chi connectivity index (χ0n) is 22.2. The Kier molecular flexibility index (Phi) is 9.60. The maximum atomic E-state index is 14.2. The highest BCUT2D eigenvalue weighted by Gasteiger charge is 2.46. The maximum absolute atomic E-state index is 14.2. The third kappa shape index (κ3) is 7.89. The second-order valence-electron chi connectivity index (χ2n) is 9.16. The van der Waals surface area contributed by atoms with E-state index in [0.717, 1.165) is 48.5 Å². The van der Waals surface area contributed by atoms with Crippen molar-refractivity contribution in [3.63, 3.8) is 0 Å². The van der Waals surface area contributed by atoms with Crippen LogP contribution >= 0.6 is 11.8 Å². The number of alkyl halides is 6. The Balaban J connectivity index is 1.68. The van der Waals surface area contributed by atoms with E-state index in [1.165, 1.54) is 23.1 Å². The number of carbonyl (C=O) groups is 1. The number of nitro benzene ring substituents is 1. The molecule has 0 aromatic heterocycles. The summed E-state index contributed by atoms with van der Waals surface area (Å²) in [6.45, 7) is 0.794. The number of nitro groups is 1. The largest absolute Gasteiger partial charge is 0.418 e. The molecule has 1 heterocycles. The lowest BCUT2D eigenvalue weighted by Gasteiger charge is -2.25. The summed E-state index contributed by atoms with van der Waals surface area (Å²) in [5.74, 6) is -0.683. The minimum Gasteiger partial charge on any atom is -0.378 e. The summed E-state index contributed by atoms with van der Waals surface area (Å²) in [6.07, 6.45) is -9.46. The molecule has 0 radical (unpaired) electrons. The molecule has 4 rings (SSSR count). The number of halogens is 6. The Morgan fingerprint density at radius 2 is 1.61 bits per heavy atom. The first-order valence-corrected chi connectivity index (χ1v) is 14.8. The molecular formula is C27H21F6N3O6S2. The lowest BCUT2D eigenvalue weighted by Crippen LogP contribution is -2.39. The molecule has 3 aromatic rings. The molecule has 1 fully saturated rings. The van der Waals surface area contributed by atoms with Crippen LogP contribution in [0.1, 0.15) is 16.7 Å². The number of non-ortho nitro benzene ring substituents is 1. The van der Waals surface area contributed by atoms with Gasteiger partial charge in [-0.15, -0.1) is 0 Å². The molecule has 0 unspecified atom stereocenters. The number of nitrogens with zero attached hydrogens (tertiary/aromatic N) is 2. The van der Waals surface area contributed by atoms with Gasteiger partial charge in [-0.3, -0.25) is 19.6 Å². The third-order valence-corrected chi connectivity index (χ3v) is 8.58. The van der Waals surface area contributed by atoms with Crippen LogP contribution in [0.2, 0.25) is 0 Å². The summed E-state index contributed by atoms with van der Waals surface area (Å²) in [6, 6.07) is 10.6. The van der Waals surface area contributed by atoms with Crippen LogP contribution in [-0.2, 0) is 31.9 Å². The van der Waals surface area contributed by atoms with Crippen LogP contribution in [0.25, 0.3) is 6.08 Å².